The molecule has 0 radical (unpaired) electrons. The first kappa shape index (κ1) is 13.3. The molecule has 1 aromatic carbocycles. The number of thiol groups is 1. The Bertz CT molecular complexity index is 343. The SMILES string of the molecule is COc1ccc(CO)cc1C(O)C(O)CS. The predicted molar refractivity (Wildman–Crippen MR) is 63.7 cm³/mol. The predicted octanol–water partition coefficient (Wildman–Crippen LogP) is 0.512. The third-order valence-electron chi connectivity index (χ3n) is 2.35. The zero-order valence-corrected chi connectivity index (χ0v) is 9.89. The summed E-state index contributed by atoms with van der Waals surface area (Å²) in [6.07, 6.45) is -2.04. The first-order valence-electron chi connectivity index (χ1n) is 4.88. The van der Waals surface area contributed by atoms with Crippen LogP contribution in [0, 0.1) is 0 Å². The van der Waals surface area contributed by atoms with Gasteiger partial charge in [0.05, 0.1) is 19.8 Å². The minimum absolute atomic E-state index is 0.124. The lowest BCUT2D eigenvalue weighted by Gasteiger charge is -2.19. The van der Waals surface area contributed by atoms with Gasteiger partial charge in [-0.2, -0.15) is 12.6 Å². The van der Waals surface area contributed by atoms with Gasteiger partial charge in [-0.05, 0) is 17.7 Å². The molecule has 1 aromatic rings. The van der Waals surface area contributed by atoms with Crippen molar-refractivity contribution in [2.45, 2.75) is 18.8 Å². The second kappa shape index (κ2) is 6.10. The van der Waals surface area contributed by atoms with Crippen molar-refractivity contribution in [1.82, 2.24) is 0 Å². The fourth-order valence-electron chi connectivity index (χ4n) is 1.42. The number of hydrogen-bond donors (Lipinski definition) is 4. The number of hydrogen-bond acceptors (Lipinski definition) is 5. The summed E-state index contributed by atoms with van der Waals surface area (Å²) in [5, 5.41) is 28.4. The molecule has 0 amide bonds. The van der Waals surface area contributed by atoms with Crippen LogP contribution in [0.1, 0.15) is 17.2 Å². The van der Waals surface area contributed by atoms with Gasteiger partial charge in [0.1, 0.15) is 11.9 Å². The molecule has 0 aliphatic carbocycles. The van der Waals surface area contributed by atoms with E-state index in [1.165, 1.54) is 7.11 Å². The van der Waals surface area contributed by atoms with Crippen LogP contribution in [-0.2, 0) is 6.61 Å². The highest BCUT2D eigenvalue weighted by Gasteiger charge is 2.20. The zero-order chi connectivity index (χ0) is 12.1. The number of rotatable bonds is 5. The topological polar surface area (TPSA) is 69.9 Å². The maximum absolute atomic E-state index is 9.86. The molecule has 0 bridgehead atoms. The normalized spacial score (nSPS) is 14.6. The lowest BCUT2D eigenvalue weighted by Crippen LogP contribution is -2.20. The van der Waals surface area contributed by atoms with Crippen molar-refractivity contribution < 1.29 is 20.1 Å². The summed E-state index contributed by atoms with van der Waals surface area (Å²) in [5.74, 6) is 0.624. The summed E-state index contributed by atoms with van der Waals surface area (Å²) in [6, 6.07) is 4.95. The van der Waals surface area contributed by atoms with Crippen molar-refractivity contribution in [3.8, 4) is 5.75 Å². The zero-order valence-electron chi connectivity index (χ0n) is 9.00. The van der Waals surface area contributed by atoms with E-state index in [4.69, 9.17) is 9.84 Å². The molecule has 0 saturated heterocycles. The van der Waals surface area contributed by atoms with Crippen molar-refractivity contribution in [3.05, 3.63) is 29.3 Å². The first-order chi connectivity index (χ1) is 7.63. The first-order valence-corrected chi connectivity index (χ1v) is 5.52. The number of benzene rings is 1. The van der Waals surface area contributed by atoms with Crippen LogP contribution in [0.25, 0.3) is 0 Å². The minimum atomic E-state index is -1.07. The van der Waals surface area contributed by atoms with Crippen molar-refractivity contribution in [2.24, 2.45) is 0 Å². The molecular formula is C11H16O4S. The van der Waals surface area contributed by atoms with Crippen LogP contribution in [0.15, 0.2) is 18.2 Å². The number of ether oxygens (including phenoxy) is 1. The molecular weight excluding hydrogens is 228 g/mol. The molecule has 0 heterocycles. The molecule has 5 heteroatoms. The van der Waals surface area contributed by atoms with Crippen molar-refractivity contribution >= 4 is 12.6 Å². The second-order valence-corrected chi connectivity index (χ2v) is 3.79. The van der Waals surface area contributed by atoms with E-state index in [2.05, 4.69) is 12.6 Å². The minimum Gasteiger partial charge on any atom is -0.496 e. The van der Waals surface area contributed by atoms with E-state index in [1.807, 2.05) is 0 Å². The molecule has 0 aromatic heterocycles. The Labute approximate surface area is 99.9 Å². The Morgan fingerprint density at radius 2 is 2.06 bits per heavy atom. The molecule has 90 valence electrons. The van der Waals surface area contributed by atoms with E-state index in [9.17, 15) is 10.2 Å². The maximum atomic E-state index is 9.86. The van der Waals surface area contributed by atoms with Gasteiger partial charge in [0.25, 0.3) is 0 Å². The summed E-state index contributed by atoms with van der Waals surface area (Å²) in [4.78, 5) is 0. The smallest absolute Gasteiger partial charge is 0.124 e. The maximum Gasteiger partial charge on any atom is 0.124 e. The van der Waals surface area contributed by atoms with Gasteiger partial charge in [-0.25, -0.2) is 0 Å². The van der Waals surface area contributed by atoms with E-state index >= 15 is 0 Å². The van der Waals surface area contributed by atoms with Gasteiger partial charge < -0.3 is 20.1 Å². The molecule has 0 saturated carbocycles. The van der Waals surface area contributed by atoms with Gasteiger partial charge in [0, 0.05) is 11.3 Å². The summed E-state index contributed by atoms with van der Waals surface area (Å²) in [7, 11) is 1.48. The van der Waals surface area contributed by atoms with E-state index in [-0.39, 0.29) is 12.4 Å². The van der Waals surface area contributed by atoms with Crippen molar-refractivity contribution in [3.63, 3.8) is 0 Å². The monoisotopic (exact) mass is 244 g/mol. The third-order valence-corrected chi connectivity index (χ3v) is 2.72. The molecule has 0 spiro atoms. The van der Waals surface area contributed by atoms with Crippen LogP contribution in [0.3, 0.4) is 0 Å². The second-order valence-electron chi connectivity index (χ2n) is 3.43. The summed E-state index contributed by atoms with van der Waals surface area (Å²) < 4.78 is 5.08. The Morgan fingerprint density at radius 1 is 1.38 bits per heavy atom. The van der Waals surface area contributed by atoms with Crippen LogP contribution in [-0.4, -0.2) is 34.3 Å². The average Bonchev–Trinajstić information content (AvgIpc) is 2.35. The van der Waals surface area contributed by atoms with E-state index < -0.39 is 12.2 Å². The molecule has 2 unspecified atom stereocenters. The Morgan fingerprint density at radius 3 is 2.56 bits per heavy atom. The van der Waals surface area contributed by atoms with Crippen molar-refractivity contribution in [2.75, 3.05) is 12.9 Å². The molecule has 0 aliphatic heterocycles. The largest absolute Gasteiger partial charge is 0.496 e. The fraction of sp³-hybridized carbons (Fsp3) is 0.455. The molecule has 3 N–H and O–H groups in total. The summed E-state index contributed by atoms with van der Waals surface area (Å²) in [6.45, 7) is -0.124. The standard InChI is InChI=1S/C11H16O4S/c1-15-10-3-2-7(5-12)4-8(10)11(14)9(13)6-16/h2-4,9,11-14,16H,5-6H2,1H3. The van der Waals surface area contributed by atoms with E-state index in [0.29, 0.717) is 16.9 Å². The molecule has 4 nitrogen and oxygen atoms in total. The summed E-state index contributed by atoms with van der Waals surface area (Å²) >= 11 is 3.92. The Hall–Kier alpha value is -0.750. The average molecular weight is 244 g/mol. The van der Waals surface area contributed by atoms with Gasteiger partial charge >= 0.3 is 0 Å². The van der Waals surface area contributed by atoms with Gasteiger partial charge in [-0.15, -0.1) is 0 Å². The van der Waals surface area contributed by atoms with Crippen LogP contribution in [0.2, 0.25) is 0 Å². The molecule has 16 heavy (non-hydrogen) atoms. The number of methoxy groups -OCH3 is 1. The number of aliphatic hydroxyl groups is 3. The Balaban J connectivity index is 3.07. The van der Waals surface area contributed by atoms with Crippen LogP contribution >= 0.6 is 12.6 Å². The molecule has 2 atom stereocenters. The van der Waals surface area contributed by atoms with Gasteiger partial charge in [-0.3, -0.25) is 0 Å². The lowest BCUT2D eigenvalue weighted by molar-refractivity contribution is 0.0321. The Kier molecular flexibility index (Phi) is 5.08. The van der Waals surface area contributed by atoms with Gasteiger partial charge in [0.15, 0.2) is 0 Å². The highest BCUT2D eigenvalue weighted by atomic mass is 32.1. The van der Waals surface area contributed by atoms with Crippen LogP contribution in [0.4, 0.5) is 0 Å². The fourth-order valence-corrected chi connectivity index (χ4v) is 1.62. The van der Waals surface area contributed by atoms with Crippen LogP contribution in [0.5, 0.6) is 5.75 Å². The summed E-state index contributed by atoms with van der Waals surface area (Å²) in [5.41, 5.74) is 1.11. The number of aliphatic hydroxyl groups excluding tert-OH is 3. The highest BCUT2D eigenvalue weighted by Crippen LogP contribution is 2.28. The van der Waals surface area contributed by atoms with Crippen molar-refractivity contribution in [1.29, 1.82) is 0 Å². The molecule has 0 aliphatic rings. The lowest BCUT2D eigenvalue weighted by atomic mass is 10.0. The van der Waals surface area contributed by atoms with Crippen LogP contribution < -0.4 is 4.74 Å². The molecule has 0 fully saturated rings. The van der Waals surface area contributed by atoms with Gasteiger partial charge in [-0.1, -0.05) is 6.07 Å². The van der Waals surface area contributed by atoms with Gasteiger partial charge in [0.2, 0.25) is 0 Å². The van der Waals surface area contributed by atoms with E-state index in [0.717, 1.165) is 0 Å². The molecule has 1 rings (SSSR count). The quantitative estimate of drug-likeness (QED) is 0.570. The van der Waals surface area contributed by atoms with E-state index in [1.54, 1.807) is 18.2 Å². The third kappa shape index (κ3) is 2.89. The highest BCUT2D eigenvalue weighted by molar-refractivity contribution is 7.80.